The number of hydrogen-bond acceptors (Lipinski definition) is 3. The van der Waals surface area contributed by atoms with Gasteiger partial charge in [0.1, 0.15) is 11.4 Å². The minimum atomic E-state index is -0.514. The van der Waals surface area contributed by atoms with Crippen LogP contribution in [0.15, 0.2) is 6.20 Å². The van der Waals surface area contributed by atoms with Gasteiger partial charge >= 0.3 is 0 Å². The number of anilines is 1. The predicted molar refractivity (Wildman–Crippen MR) is 47.9 cm³/mol. The predicted octanol–water partition coefficient (Wildman–Crippen LogP) is -0.0258. The Morgan fingerprint density at radius 2 is 2.38 bits per heavy atom. The van der Waals surface area contributed by atoms with E-state index in [0.29, 0.717) is 17.3 Å². The third-order valence-electron chi connectivity index (χ3n) is 2.27. The molecule has 1 amide bonds. The van der Waals surface area contributed by atoms with E-state index in [1.807, 2.05) is 0 Å². The van der Waals surface area contributed by atoms with Crippen molar-refractivity contribution in [1.82, 2.24) is 9.78 Å². The van der Waals surface area contributed by atoms with E-state index in [2.05, 4.69) is 5.10 Å². The van der Waals surface area contributed by atoms with E-state index in [9.17, 15) is 4.79 Å². The van der Waals surface area contributed by atoms with Crippen LogP contribution < -0.4 is 11.5 Å². The van der Waals surface area contributed by atoms with E-state index in [-0.39, 0.29) is 0 Å². The molecule has 0 atom stereocenters. The summed E-state index contributed by atoms with van der Waals surface area (Å²) >= 11 is 0. The molecule has 1 aromatic heterocycles. The number of hydrogen-bond donors (Lipinski definition) is 2. The average Bonchev–Trinajstić information content (AvgIpc) is 2.78. The fourth-order valence-corrected chi connectivity index (χ4v) is 1.28. The molecule has 5 nitrogen and oxygen atoms in total. The van der Waals surface area contributed by atoms with Crippen LogP contribution in [0.4, 0.5) is 5.82 Å². The molecule has 1 saturated carbocycles. The van der Waals surface area contributed by atoms with Crippen LogP contribution in [0.1, 0.15) is 23.2 Å². The second-order valence-electron chi connectivity index (χ2n) is 3.43. The van der Waals surface area contributed by atoms with Crippen molar-refractivity contribution in [2.24, 2.45) is 11.7 Å². The average molecular weight is 180 g/mol. The van der Waals surface area contributed by atoms with E-state index in [4.69, 9.17) is 11.5 Å². The Morgan fingerprint density at radius 1 is 1.69 bits per heavy atom. The number of primary amides is 1. The molecule has 1 fully saturated rings. The Labute approximate surface area is 75.7 Å². The van der Waals surface area contributed by atoms with Crippen molar-refractivity contribution in [2.45, 2.75) is 19.4 Å². The van der Waals surface area contributed by atoms with E-state index in [1.54, 1.807) is 4.68 Å². The first kappa shape index (κ1) is 8.10. The fraction of sp³-hybridized carbons (Fsp3) is 0.500. The van der Waals surface area contributed by atoms with Crippen LogP contribution in [-0.4, -0.2) is 15.7 Å². The van der Waals surface area contributed by atoms with Gasteiger partial charge in [0.2, 0.25) is 0 Å². The highest BCUT2D eigenvalue weighted by molar-refractivity contribution is 5.96. The van der Waals surface area contributed by atoms with Crippen molar-refractivity contribution < 1.29 is 4.79 Å². The van der Waals surface area contributed by atoms with Crippen molar-refractivity contribution in [3.05, 3.63) is 11.8 Å². The molecule has 1 aliphatic carbocycles. The highest BCUT2D eigenvalue weighted by Gasteiger charge is 2.24. The fourth-order valence-electron chi connectivity index (χ4n) is 1.28. The Balaban J connectivity index is 2.21. The molecule has 5 heteroatoms. The zero-order chi connectivity index (χ0) is 9.42. The van der Waals surface area contributed by atoms with Crippen LogP contribution >= 0.6 is 0 Å². The first-order valence-corrected chi connectivity index (χ1v) is 4.29. The maximum Gasteiger partial charge on any atom is 0.254 e. The number of amides is 1. The summed E-state index contributed by atoms with van der Waals surface area (Å²) in [5.74, 6) is 0.557. The second kappa shape index (κ2) is 2.76. The van der Waals surface area contributed by atoms with Crippen LogP contribution in [0.3, 0.4) is 0 Å². The van der Waals surface area contributed by atoms with Gasteiger partial charge in [-0.15, -0.1) is 0 Å². The summed E-state index contributed by atoms with van der Waals surface area (Å²) in [7, 11) is 0. The molecule has 0 radical (unpaired) electrons. The van der Waals surface area contributed by atoms with Crippen molar-refractivity contribution in [3.8, 4) is 0 Å². The van der Waals surface area contributed by atoms with Gasteiger partial charge in [0.15, 0.2) is 0 Å². The smallest absolute Gasteiger partial charge is 0.254 e. The van der Waals surface area contributed by atoms with E-state index < -0.39 is 5.91 Å². The van der Waals surface area contributed by atoms with Gasteiger partial charge in [-0.1, -0.05) is 0 Å². The molecule has 4 N–H and O–H groups in total. The molecule has 0 spiro atoms. The maximum absolute atomic E-state index is 10.8. The summed E-state index contributed by atoms with van der Waals surface area (Å²) in [6, 6.07) is 0. The molecular weight excluding hydrogens is 168 g/mol. The molecule has 0 unspecified atom stereocenters. The van der Waals surface area contributed by atoms with Crippen molar-refractivity contribution in [1.29, 1.82) is 0 Å². The van der Waals surface area contributed by atoms with Crippen LogP contribution in [0.5, 0.6) is 0 Å². The lowest BCUT2D eigenvalue weighted by Gasteiger charge is -2.01. The number of nitrogens with zero attached hydrogens (tertiary/aromatic N) is 2. The van der Waals surface area contributed by atoms with Crippen molar-refractivity contribution in [2.75, 3.05) is 5.73 Å². The van der Waals surface area contributed by atoms with Crippen molar-refractivity contribution >= 4 is 11.7 Å². The number of carbonyl (C=O) groups is 1. The van der Waals surface area contributed by atoms with Crippen molar-refractivity contribution in [3.63, 3.8) is 0 Å². The van der Waals surface area contributed by atoms with Gasteiger partial charge in [-0.3, -0.25) is 4.79 Å². The molecule has 1 heterocycles. The number of aromatic nitrogens is 2. The zero-order valence-corrected chi connectivity index (χ0v) is 7.23. The van der Waals surface area contributed by atoms with Gasteiger partial charge in [-0.2, -0.15) is 5.10 Å². The molecule has 2 rings (SSSR count). The largest absolute Gasteiger partial charge is 0.383 e. The lowest BCUT2D eigenvalue weighted by Crippen LogP contribution is -2.14. The standard InChI is InChI=1S/C8H12N4O/c9-7-6(8(10)13)3-11-12(7)4-5-1-2-5/h3,5H,1-2,4,9H2,(H2,10,13). The number of rotatable bonds is 3. The van der Waals surface area contributed by atoms with Crippen LogP contribution in [0.2, 0.25) is 0 Å². The quantitative estimate of drug-likeness (QED) is 0.685. The van der Waals surface area contributed by atoms with Gasteiger partial charge in [-0.25, -0.2) is 4.68 Å². The Kier molecular flexibility index (Phi) is 1.72. The summed E-state index contributed by atoms with van der Waals surface area (Å²) in [6.07, 6.45) is 3.89. The van der Waals surface area contributed by atoms with Gasteiger partial charge < -0.3 is 11.5 Å². The SMILES string of the molecule is NC(=O)c1cnn(CC2CC2)c1N. The van der Waals surface area contributed by atoms with Gasteiger partial charge in [-0.05, 0) is 18.8 Å². The first-order chi connectivity index (χ1) is 6.18. The highest BCUT2D eigenvalue weighted by atomic mass is 16.1. The summed E-state index contributed by atoms with van der Waals surface area (Å²) in [5, 5.41) is 4.01. The first-order valence-electron chi connectivity index (χ1n) is 4.29. The minimum Gasteiger partial charge on any atom is -0.383 e. The third-order valence-corrected chi connectivity index (χ3v) is 2.27. The van der Waals surface area contributed by atoms with E-state index in [1.165, 1.54) is 19.0 Å². The summed E-state index contributed by atoms with van der Waals surface area (Å²) < 4.78 is 1.65. The molecule has 0 aliphatic heterocycles. The summed E-state index contributed by atoms with van der Waals surface area (Å²) in [4.78, 5) is 10.8. The molecular formula is C8H12N4O. The molecule has 1 aliphatic rings. The Morgan fingerprint density at radius 3 is 2.85 bits per heavy atom. The lowest BCUT2D eigenvalue weighted by atomic mass is 10.3. The minimum absolute atomic E-state index is 0.320. The summed E-state index contributed by atoms with van der Waals surface area (Å²) in [6.45, 7) is 0.805. The maximum atomic E-state index is 10.8. The Bertz CT molecular complexity index is 340. The molecule has 70 valence electrons. The van der Waals surface area contributed by atoms with Crippen LogP contribution in [-0.2, 0) is 6.54 Å². The molecule has 1 aromatic rings. The van der Waals surface area contributed by atoms with Crippen LogP contribution in [0, 0.1) is 5.92 Å². The lowest BCUT2D eigenvalue weighted by molar-refractivity contribution is 0.100. The molecule has 0 aromatic carbocycles. The molecule has 0 bridgehead atoms. The number of nitrogen functional groups attached to an aromatic ring is 1. The number of nitrogens with two attached hydrogens (primary N) is 2. The van der Waals surface area contributed by atoms with Crippen LogP contribution in [0.25, 0.3) is 0 Å². The highest BCUT2D eigenvalue weighted by Crippen LogP contribution is 2.31. The second-order valence-corrected chi connectivity index (χ2v) is 3.43. The monoisotopic (exact) mass is 180 g/mol. The topological polar surface area (TPSA) is 86.9 Å². The molecule has 0 saturated heterocycles. The third kappa shape index (κ3) is 1.49. The van der Waals surface area contributed by atoms with Gasteiger partial charge in [0.25, 0.3) is 5.91 Å². The number of carbonyl (C=O) groups excluding carboxylic acids is 1. The Hall–Kier alpha value is -1.52. The van der Waals surface area contributed by atoms with Gasteiger partial charge in [0, 0.05) is 6.54 Å². The van der Waals surface area contributed by atoms with Gasteiger partial charge in [0.05, 0.1) is 6.20 Å². The van der Waals surface area contributed by atoms with E-state index >= 15 is 0 Å². The normalized spacial score (nSPS) is 16.0. The molecule has 13 heavy (non-hydrogen) atoms. The zero-order valence-electron chi connectivity index (χ0n) is 7.23. The van der Waals surface area contributed by atoms with E-state index in [0.717, 1.165) is 6.54 Å². The summed E-state index contributed by atoms with van der Waals surface area (Å²) in [5.41, 5.74) is 11.1.